The lowest BCUT2D eigenvalue weighted by atomic mass is 10.0. The van der Waals surface area contributed by atoms with Gasteiger partial charge in [0.15, 0.2) is 0 Å². The lowest BCUT2D eigenvalue weighted by molar-refractivity contribution is -0.129. The maximum absolute atomic E-state index is 12.3. The van der Waals surface area contributed by atoms with Crippen molar-refractivity contribution < 1.29 is 19.1 Å². The largest absolute Gasteiger partial charge is 0.497 e. The Morgan fingerprint density at radius 3 is 2.46 bits per heavy atom. The van der Waals surface area contributed by atoms with Crippen molar-refractivity contribution in [1.29, 1.82) is 0 Å². The van der Waals surface area contributed by atoms with Crippen LogP contribution in [0.4, 0.5) is 5.69 Å². The number of anilines is 1. The highest BCUT2D eigenvalue weighted by molar-refractivity contribution is 5.95. The van der Waals surface area contributed by atoms with E-state index < -0.39 is 0 Å². The minimum Gasteiger partial charge on any atom is -0.497 e. The van der Waals surface area contributed by atoms with E-state index in [0.717, 1.165) is 5.69 Å². The molecular formula is C22H26N2O4. The second-order valence-electron chi connectivity index (χ2n) is 7.12. The van der Waals surface area contributed by atoms with Crippen LogP contribution in [0.3, 0.4) is 0 Å². The summed E-state index contributed by atoms with van der Waals surface area (Å²) < 4.78 is 10.7. The zero-order valence-corrected chi connectivity index (χ0v) is 16.5. The van der Waals surface area contributed by atoms with Crippen LogP contribution in [0.5, 0.6) is 5.75 Å². The summed E-state index contributed by atoms with van der Waals surface area (Å²) in [7, 11) is 1.58. The summed E-state index contributed by atoms with van der Waals surface area (Å²) in [6, 6.07) is 14.9. The first kappa shape index (κ1) is 19.9. The molecule has 2 amide bonds. The van der Waals surface area contributed by atoms with Crippen molar-refractivity contribution in [2.75, 3.05) is 31.7 Å². The molecule has 0 radical (unpaired) electrons. The predicted octanol–water partition coefficient (Wildman–Crippen LogP) is 2.98. The van der Waals surface area contributed by atoms with Gasteiger partial charge in [-0.05, 0) is 47.9 Å². The Hall–Kier alpha value is -2.86. The van der Waals surface area contributed by atoms with Crippen molar-refractivity contribution in [3.8, 4) is 5.75 Å². The van der Waals surface area contributed by atoms with E-state index in [-0.39, 0.29) is 24.5 Å². The lowest BCUT2D eigenvalue weighted by Crippen LogP contribution is -2.50. The van der Waals surface area contributed by atoms with Crippen molar-refractivity contribution >= 4 is 17.5 Å². The van der Waals surface area contributed by atoms with Crippen LogP contribution < -0.4 is 15.0 Å². The van der Waals surface area contributed by atoms with E-state index in [9.17, 15) is 9.59 Å². The number of methoxy groups -OCH3 is 1. The maximum Gasteiger partial charge on any atom is 0.253 e. The van der Waals surface area contributed by atoms with Gasteiger partial charge in [0, 0.05) is 17.8 Å². The van der Waals surface area contributed by atoms with E-state index in [2.05, 4.69) is 19.2 Å². The van der Waals surface area contributed by atoms with Gasteiger partial charge in [0.1, 0.15) is 12.4 Å². The summed E-state index contributed by atoms with van der Waals surface area (Å²) in [6.07, 6.45) is -0.260. The zero-order valence-electron chi connectivity index (χ0n) is 16.5. The van der Waals surface area contributed by atoms with Gasteiger partial charge in [-0.15, -0.1) is 0 Å². The molecule has 0 aliphatic carbocycles. The third-order valence-corrected chi connectivity index (χ3v) is 4.84. The molecule has 1 fully saturated rings. The third kappa shape index (κ3) is 4.70. The number of nitrogens with zero attached hydrogens (tertiary/aromatic N) is 1. The Morgan fingerprint density at radius 2 is 1.86 bits per heavy atom. The van der Waals surface area contributed by atoms with Crippen molar-refractivity contribution in [2.24, 2.45) is 0 Å². The Morgan fingerprint density at radius 1 is 1.18 bits per heavy atom. The molecule has 6 heteroatoms. The van der Waals surface area contributed by atoms with Crippen molar-refractivity contribution in [1.82, 2.24) is 5.32 Å². The summed E-state index contributed by atoms with van der Waals surface area (Å²) in [4.78, 5) is 26.3. The quantitative estimate of drug-likeness (QED) is 0.834. The number of ether oxygens (including phenoxy) is 2. The molecule has 28 heavy (non-hydrogen) atoms. The molecule has 3 rings (SSSR count). The van der Waals surface area contributed by atoms with Gasteiger partial charge in [-0.1, -0.05) is 26.0 Å². The minimum absolute atomic E-state index is 0.00893. The average molecular weight is 382 g/mol. The molecule has 2 aromatic carbocycles. The van der Waals surface area contributed by atoms with Crippen molar-refractivity contribution in [2.45, 2.75) is 25.9 Å². The Bertz CT molecular complexity index is 815. The molecule has 148 valence electrons. The van der Waals surface area contributed by atoms with E-state index in [1.54, 1.807) is 36.3 Å². The van der Waals surface area contributed by atoms with Gasteiger partial charge >= 0.3 is 0 Å². The molecule has 0 saturated carbocycles. The number of carbonyl (C=O) groups is 2. The first-order chi connectivity index (χ1) is 13.5. The number of hydrogen-bond donors (Lipinski definition) is 1. The summed E-state index contributed by atoms with van der Waals surface area (Å²) >= 11 is 0. The highest BCUT2D eigenvalue weighted by Crippen LogP contribution is 2.22. The highest BCUT2D eigenvalue weighted by atomic mass is 16.5. The summed E-state index contributed by atoms with van der Waals surface area (Å²) in [5.74, 6) is 0.881. The van der Waals surface area contributed by atoms with Gasteiger partial charge < -0.3 is 19.7 Å². The molecule has 6 nitrogen and oxygen atoms in total. The molecule has 0 aromatic heterocycles. The van der Waals surface area contributed by atoms with E-state index >= 15 is 0 Å². The molecule has 1 aliphatic heterocycles. The fourth-order valence-corrected chi connectivity index (χ4v) is 3.09. The molecule has 1 atom stereocenters. The highest BCUT2D eigenvalue weighted by Gasteiger charge is 2.27. The molecule has 1 saturated heterocycles. The van der Waals surface area contributed by atoms with Gasteiger partial charge in [-0.3, -0.25) is 9.59 Å². The zero-order chi connectivity index (χ0) is 20.1. The first-order valence-electron chi connectivity index (χ1n) is 9.42. The molecule has 1 unspecified atom stereocenters. The van der Waals surface area contributed by atoms with Crippen LogP contribution in [0.25, 0.3) is 0 Å². The molecule has 0 spiro atoms. The second-order valence-corrected chi connectivity index (χ2v) is 7.12. The van der Waals surface area contributed by atoms with Gasteiger partial charge in [-0.25, -0.2) is 0 Å². The van der Waals surface area contributed by atoms with Crippen LogP contribution in [0, 0.1) is 0 Å². The third-order valence-electron chi connectivity index (χ3n) is 4.84. The Kier molecular flexibility index (Phi) is 6.31. The number of morpholine rings is 1. The molecule has 1 aliphatic rings. The summed E-state index contributed by atoms with van der Waals surface area (Å²) in [5, 5.41) is 2.87. The van der Waals surface area contributed by atoms with Gasteiger partial charge in [-0.2, -0.15) is 0 Å². The van der Waals surface area contributed by atoms with E-state index in [1.807, 2.05) is 24.3 Å². The number of amides is 2. The van der Waals surface area contributed by atoms with Crippen molar-refractivity contribution in [3.05, 3.63) is 59.7 Å². The van der Waals surface area contributed by atoms with Crippen LogP contribution in [0.1, 0.15) is 35.7 Å². The van der Waals surface area contributed by atoms with Crippen LogP contribution in [-0.2, 0) is 9.53 Å². The molecule has 1 N–H and O–H groups in total. The predicted molar refractivity (Wildman–Crippen MR) is 108 cm³/mol. The van der Waals surface area contributed by atoms with Crippen LogP contribution in [-0.4, -0.2) is 44.7 Å². The molecule has 0 bridgehead atoms. The maximum atomic E-state index is 12.3. The van der Waals surface area contributed by atoms with Gasteiger partial charge in [0.05, 0.1) is 19.8 Å². The Labute approximate surface area is 165 Å². The van der Waals surface area contributed by atoms with Crippen molar-refractivity contribution in [3.63, 3.8) is 0 Å². The number of nitrogens with one attached hydrogen (secondary N) is 1. The second kappa shape index (κ2) is 8.89. The number of rotatable bonds is 6. The molecule has 2 aromatic rings. The average Bonchev–Trinajstić information content (AvgIpc) is 2.73. The molecule has 1 heterocycles. The SMILES string of the molecule is COc1ccc(C(=O)NCC2CN(c3ccc(C(C)C)cc3)C(=O)CO2)cc1. The van der Waals surface area contributed by atoms with Crippen LogP contribution >= 0.6 is 0 Å². The minimum atomic E-state index is -0.260. The van der Waals surface area contributed by atoms with Crippen LogP contribution in [0.15, 0.2) is 48.5 Å². The Balaban J connectivity index is 1.59. The standard InChI is InChI=1S/C22H26N2O4/c1-15(2)16-4-8-18(9-5-16)24-13-20(28-14-21(24)25)12-23-22(26)17-6-10-19(27-3)11-7-17/h4-11,15,20H,12-14H2,1-3H3,(H,23,26). The first-order valence-corrected chi connectivity index (χ1v) is 9.42. The number of benzene rings is 2. The van der Waals surface area contributed by atoms with E-state index in [1.165, 1.54) is 5.56 Å². The normalized spacial score (nSPS) is 16.9. The monoisotopic (exact) mass is 382 g/mol. The fraction of sp³-hybridized carbons (Fsp3) is 0.364. The number of carbonyl (C=O) groups excluding carboxylic acids is 2. The smallest absolute Gasteiger partial charge is 0.253 e. The summed E-state index contributed by atoms with van der Waals surface area (Å²) in [6.45, 7) is 5.02. The topological polar surface area (TPSA) is 67.9 Å². The number of hydrogen-bond acceptors (Lipinski definition) is 4. The lowest BCUT2D eigenvalue weighted by Gasteiger charge is -2.33. The van der Waals surface area contributed by atoms with Crippen LogP contribution in [0.2, 0.25) is 0 Å². The van der Waals surface area contributed by atoms with Gasteiger partial charge in [0.25, 0.3) is 11.8 Å². The van der Waals surface area contributed by atoms with E-state index in [4.69, 9.17) is 9.47 Å². The molecular weight excluding hydrogens is 356 g/mol. The van der Waals surface area contributed by atoms with E-state index in [0.29, 0.717) is 30.3 Å². The fourth-order valence-electron chi connectivity index (χ4n) is 3.09. The summed E-state index contributed by atoms with van der Waals surface area (Å²) in [5.41, 5.74) is 2.63. The van der Waals surface area contributed by atoms with Gasteiger partial charge in [0.2, 0.25) is 0 Å².